The van der Waals surface area contributed by atoms with Crippen LogP contribution < -0.4 is 10.1 Å². The SMILES string of the molecule is CC[C@H](CO)NC(=O)c1coc(COc2ccc3sc(C)nc3c2)n1. The summed E-state index contributed by atoms with van der Waals surface area (Å²) in [7, 11) is 0. The largest absolute Gasteiger partial charge is 0.484 e. The van der Waals surface area contributed by atoms with Crippen molar-refractivity contribution in [3.05, 3.63) is 41.1 Å². The number of aliphatic hydroxyl groups is 1. The number of thiazole rings is 1. The molecule has 3 rings (SSSR count). The van der Waals surface area contributed by atoms with Gasteiger partial charge >= 0.3 is 0 Å². The zero-order chi connectivity index (χ0) is 17.8. The van der Waals surface area contributed by atoms with E-state index >= 15 is 0 Å². The summed E-state index contributed by atoms with van der Waals surface area (Å²) in [5.74, 6) is 0.584. The van der Waals surface area contributed by atoms with Crippen molar-refractivity contribution in [3.8, 4) is 5.75 Å². The summed E-state index contributed by atoms with van der Waals surface area (Å²) in [6, 6.07) is 5.40. The molecule has 0 aliphatic heterocycles. The molecular weight excluding hydrogens is 342 g/mol. The molecule has 0 spiro atoms. The van der Waals surface area contributed by atoms with Crippen LogP contribution in [-0.4, -0.2) is 33.6 Å². The molecule has 0 radical (unpaired) electrons. The summed E-state index contributed by atoms with van der Waals surface area (Å²) in [6.07, 6.45) is 1.92. The maximum atomic E-state index is 12.0. The molecule has 2 aromatic heterocycles. The fraction of sp³-hybridized carbons (Fsp3) is 0.353. The number of aliphatic hydroxyl groups excluding tert-OH is 1. The third-order valence-corrected chi connectivity index (χ3v) is 4.61. The van der Waals surface area contributed by atoms with E-state index in [1.54, 1.807) is 11.3 Å². The Hall–Kier alpha value is -2.45. The monoisotopic (exact) mass is 361 g/mol. The van der Waals surface area contributed by atoms with Crippen LogP contribution in [0, 0.1) is 6.92 Å². The average Bonchev–Trinajstić information content (AvgIpc) is 3.22. The normalized spacial score (nSPS) is 12.3. The van der Waals surface area contributed by atoms with Gasteiger partial charge in [0.25, 0.3) is 5.91 Å². The van der Waals surface area contributed by atoms with Crippen molar-refractivity contribution in [2.45, 2.75) is 32.9 Å². The number of nitrogens with one attached hydrogen (secondary N) is 1. The molecule has 0 aliphatic carbocycles. The second-order valence-corrected chi connectivity index (χ2v) is 6.77. The highest BCUT2D eigenvalue weighted by molar-refractivity contribution is 7.18. The number of carbonyl (C=O) groups is 1. The van der Waals surface area contributed by atoms with Crippen LogP contribution in [0.2, 0.25) is 0 Å². The highest BCUT2D eigenvalue weighted by Gasteiger charge is 2.16. The molecule has 7 nitrogen and oxygen atoms in total. The van der Waals surface area contributed by atoms with E-state index < -0.39 is 0 Å². The van der Waals surface area contributed by atoms with E-state index in [2.05, 4.69) is 15.3 Å². The lowest BCUT2D eigenvalue weighted by molar-refractivity contribution is 0.0910. The van der Waals surface area contributed by atoms with Crippen molar-refractivity contribution >= 4 is 27.5 Å². The van der Waals surface area contributed by atoms with Crippen molar-refractivity contribution in [1.29, 1.82) is 0 Å². The molecule has 2 N–H and O–H groups in total. The first-order valence-corrected chi connectivity index (χ1v) is 8.76. The molecule has 2 heterocycles. The molecule has 0 fully saturated rings. The van der Waals surface area contributed by atoms with Crippen molar-refractivity contribution in [2.75, 3.05) is 6.61 Å². The molecule has 1 atom stereocenters. The molecule has 0 bridgehead atoms. The minimum Gasteiger partial charge on any atom is -0.484 e. The Labute approximate surface area is 148 Å². The molecule has 0 saturated carbocycles. The first-order chi connectivity index (χ1) is 12.1. The summed E-state index contributed by atoms with van der Waals surface area (Å²) >= 11 is 1.63. The molecule has 0 unspecified atom stereocenters. The van der Waals surface area contributed by atoms with E-state index in [4.69, 9.17) is 14.3 Å². The van der Waals surface area contributed by atoms with E-state index in [9.17, 15) is 4.79 Å². The van der Waals surface area contributed by atoms with Gasteiger partial charge < -0.3 is 19.6 Å². The average molecular weight is 361 g/mol. The minimum absolute atomic E-state index is 0.110. The number of aryl methyl sites for hydroxylation is 1. The Morgan fingerprint density at radius 3 is 3.04 bits per heavy atom. The van der Waals surface area contributed by atoms with Gasteiger partial charge in [-0.05, 0) is 25.5 Å². The van der Waals surface area contributed by atoms with Gasteiger partial charge in [0.2, 0.25) is 5.89 Å². The number of amides is 1. The Morgan fingerprint density at radius 2 is 2.28 bits per heavy atom. The number of rotatable bonds is 7. The summed E-state index contributed by atoms with van der Waals surface area (Å²) < 4.78 is 12.0. The molecule has 25 heavy (non-hydrogen) atoms. The lowest BCUT2D eigenvalue weighted by atomic mass is 10.2. The number of nitrogens with zero attached hydrogens (tertiary/aromatic N) is 2. The van der Waals surface area contributed by atoms with Gasteiger partial charge in [-0.2, -0.15) is 0 Å². The van der Waals surface area contributed by atoms with E-state index in [0.717, 1.165) is 15.2 Å². The zero-order valence-corrected chi connectivity index (χ0v) is 14.8. The molecule has 132 valence electrons. The third-order valence-electron chi connectivity index (χ3n) is 3.66. The van der Waals surface area contributed by atoms with Gasteiger partial charge in [0.15, 0.2) is 12.3 Å². The molecular formula is C17H19N3O4S. The zero-order valence-electron chi connectivity index (χ0n) is 14.0. The standard InChI is InChI=1S/C17H19N3O4S/c1-3-11(7-21)19-17(22)14-8-24-16(20-14)9-23-12-4-5-15-13(6-12)18-10(2)25-15/h4-6,8,11,21H,3,7,9H2,1-2H3,(H,19,22)/t11-/m1/s1. The lowest BCUT2D eigenvalue weighted by Crippen LogP contribution is -2.37. The van der Waals surface area contributed by atoms with E-state index in [-0.39, 0.29) is 30.9 Å². The molecule has 1 amide bonds. The van der Waals surface area contributed by atoms with E-state index in [1.165, 1.54) is 6.26 Å². The van der Waals surface area contributed by atoms with Crippen LogP contribution in [0.3, 0.4) is 0 Å². The fourth-order valence-electron chi connectivity index (χ4n) is 2.27. The van der Waals surface area contributed by atoms with Crippen LogP contribution in [0.1, 0.15) is 34.7 Å². The molecule has 0 aliphatic rings. The van der Waals surface area contributed by atoms with E-state index in [1.807, 2.05) is 32.0 Å². The highest BCUT2D eigenvalue weighted by atomic mass is 32.1. The second-order valence-electron chi connectivity index (χ2n) is 5.54. The van der Waals surface area contributed by atoms with Crippen LogP contribution in [0.4, 0.5) is 0 Å². The number of carbonyl (C=O) groups excluding carboxylic acids is 1. The molecule has 8 heteroatoms. The molecule has 0 saturated heterocycles. The quantitative estimate of drug-likeness (QED) is 0.671. The maximum absolute atomic E-state index is 12.0. The summed E-state index contributed by atoms with van der Waals surface area (Å²) in [5.41, 5.74) is 1.05. The van der Waals surface area contributed by atoms with Gasteiger partial charge in [0.1, 0.15) is 12.0 Å². The number of ether oxygens (including phenoxy) is 1. The van der Waals surface area contributed by atoms with Crippen molar-refractivity contribution in [3.63, 3.8) is 0 Å². The van der Waals surface area contributed by atoms with Crippen molar-refractivity contribution in [1.82, 2.24) is 15.3 Å². The van der Waals surface area contributed by atoms with Gasteiger partial charge in [-0.3, -0.25) is 4.79 Å². The minimum atomic E-state index is -0.379. The Kier molecular flexibility index (Phi) is 5.30. The number of hydrogen-bond acceptors (Lipinski definition) is 7. The van der Waals surface area contributed by atoms with Crippen LogP contribution in [0.5, 0.6) is 5.75 Å². The van der Waals surface area contributed by atoms with Crippen LogP contribution in [0.25, 0.3) is 10.2 Å². The summed E-state index contributed by atoms with van der Waals surface area (Å²) in [4.78, 5) is 20.6. The van der Waals surface area contributed by atoms with E-state index in [0.29, 0.717) is 18.1 Å². The third kappa shape index (κ3) is 4.15. The van der Waals surface area contributed by atoms with Gasteiger partial charge in [0.05, 0.1) is 27.9 Å². The predicted molar refractivity (Wildman–Crippen MR) is 93.8 cm³/mol. The number of hydrogen-bond donors (Lipinski definition) is 2. The Morgan fingerprint density at radius 1 is 1.44 bits per heavy atom. The summed E-state index contributed by atoms with van der Waals surface area (Å²) in [5, 5.41) is 12.8. The maximum Gasteiger partial charge on any atom is 0.273 e. The number of benzene rings is 1. The smallest absolute Gasteiger partial charge is 0.273 e. The summed E-state index contributed by atoms with van der Waals surface area (Å²) in [6.45, 7) is 3.84. The van der Waals surface area contributed by atoms with Crippen molar-refractivity contribution < 1.29 is 19.1 Å². The lowest BCUT2D eigenvalue weighted by Gasteiger charge is -2.12. The van der Waals surface area contributed by atoms with Crippen LogP contribution in [-0.2, 0) is 6.61 Å². The Balaban J connectivity index is 1.61. The Bertz CT molecular complexity index is 870. The fourth-order valence-corrected chi connectivity index (χ4v) is 3.08. The first kappa shape index (κ1) is 17.4. The first-order valence-electron chi connectivity index (χ1n) is 7.95. The van der Waals surface area contributed by atoms with Crippen LogP contribution >= 0.6 is 11.3 Å². The van der Waals surface area contributed by atoms with Gasteiger partial charge in [0, 0.05) is 6.07 Å². The highest BCUT2D eigenvalue weighted by Crippen LogP contribution is 2.25. The van der Waals surface area contributed by atoms with Gasteiger partial charge in [-0.1, -0.05) is 6.92 Å². The van der Waals surface area contributed by atoms with Gasteiger partial charge in [-0.25, -0.2) is 9.97 Å². The van der Waals surface area contributed by atoms with Crippen LogP contribution in [0.15, 0.2) is 28.9 Å². The number of aromatic nitrogens is 2. The number of oxazole rings is 1. The number of fused-ring (bicyclic) bond motifs is 1. The second kappa shape index (κ2) is 7.62. The topological polar surface area (TPSA) is 97.5 Å². The van der Waals surface area contributed by atoms with Gasteiger partial charge in [-0.15, -0.1) is 11.3 Å². The van der Waals surface area contributed by atoms with Crippen molar-refractivity contribution in [2.24, 2.45) is 0 Å². The predicted octanol–water partition coefficient (Wildman–Crippen LogP) is 2.67. The molecule has 3 aromatic rings. The molecule has 1 aromatic carbocycles.